The first-order valence-electron chi connectivity index (χ1n) is 9.36. The highest BCUT2D eigenvalue weighted by atomic mass is 16.5. The maximum atomic E-state index is 12.9. The third kappa shape index (κ3) is 3.24. The van der Waals surface area contributed by atoms with Gasteiger partial charge in [-0.25, -0.2) is 4.68 Å². The molecule has 0 atom stereocenters. The van der Waals surface area contributed by atoms with E-state index in [4.69, 9.17) is 4.52 Å². The molecule has 29 heavy (non-hydrogen) atoms. The predicted octanol–water partition coefficient (Wildman–Crippen LogP) is 3.42. The predicted molar refractivity (Wildman–Crippen MR) is 112 cm³/mol. The van der Waals surface area contributed by atoms with Crippen LogP contribution >= 0.6 is 0 Å². The average molecular weight is 390 g/mol. The van der Waals surface area contributed by atoms with Gasteiger partial charge in [0.15, 0.2) is 5.58 Å². The summed E-state index contributed by atoms with van der Waals surface area (Å²) < 4.78 is 8.65. The maximum absolute atomic E-state index is 12.9. The van der Waals surface area contributed by atoms with Crippen LogP contribution in [0.5, 0.6) is 0 Å². The number of anilines is 1. The van der Waals surface area contributed by atoms with Gasteiger partial charge in [0.2, 0.25) is 5.91 Å². The van der Waals surface area contributed by atoms with Crippen LogP contribution in [0.4, 0.5) is 5.69 Å². The van der Waals surface area contributed by atoms with Gasteiger partial charge in [0, 0.05) is 12.4 Å². The SMILES string of the molecule is Cc1cc(C)c2c(CC(=O)Nc3c(C)n(C)n(-c4ccccc4)c3=O)noc2c1. The minimum atomic E-state index is -0.314. The van der Waals surface area contributed by atoms with E-state index < -0.39 is 0 Å². The molecule has 4 aromatic rings. The smallest absolute Gasteiger partial charge is 0.295 e. The second-order valence-electron chi connectivity index (χ2n) is 7.25. The summed E-state index contributed by atoms with van der Waals surface area (Å²) in [6.07, 6.45) is 0.0238. The fourth-order valence-corrected chi connectivity index (χ4v) is 3.69. The van der Waals surface area contributed by atoms with Crippen molar-refractivity contribution in [3.8, 4) is 5.69 Å². The Labute approximate surface area is 167 Å². The van der Waals surface area contributed by atoms with Gasteiger partial charge < -0.3 is 9.84 Å². The van der Waals surface area contributed by atoms with Crippen LogP contribution in [0.1, 0.15) is 22.5 Å². The highest BCUT2D eigenvalue weighted by Crippen LogP contribution is 2.25. The number of para-hydroxylation sites is 1. The van der Waals surface area contributed by atoms with Crippen molar-refractivity contribution < 1.29 is 9.32 Å². The zero-order valence-corrected chi connectivity index (χ0v) is 16.8. The van der Waals surface area contributed by atoms with Crippen molar-refractivity contribution in [1.29, 1.82) is 0 Å². The van der Waals surface area contributed by atoms with E-state index in [2.05, 4.69) is 10.5 Å². The molecular formula is C22H22N4O3. The molecule has 2 aromatic heterocycles. The molecule has 4 rings (SSSR count). The van der Waals surface area contributed by atoms with Gasteiger partial charge in [-0.15, -0.1) is 0 Å². The molecule has 0 bridgehead atoms. The summed E-state index contributed by atoms with van der Waals surface area (Å²) in [6.45, 7) is 5.75. The Bertz CT molecular complexity index is 1280. The fourth-order valence-electron chi connectivity index (χ4n) is 3.69. The van der Waals surface area contributed by atoms with E-state index in [1.54, 1.807) is 18.7 Å². The first-order chi connectivity index (χ1) is 13.9. The number of carbonyl (C=O) groups is 1. The molecule has 0 unspecified atom stereocenters. The molecule has 7 heteroatoms. The third-order valence-electron chi connectivity index (χ3n) is 5.13. The van der Waals surface area contributed by atoms with Crippen molar-refractivity contribution in [2.45, 2.75) is 27.2 Å². The van der Waals surface area contributed by atoms with Gasteiger partial charge in [-0.2, -0.15) is 0 Å². The summed E-state index contributed by atoms with van der Waals surface area (Å²) in [7, 11) is 1.79. The average Bonchev–Trinajstić information content (AvgIpc) is 3.17. The Morgan fingerprint density at radius 3 is 2.59 bits per heavy atom. The normalized spacial score (nSPS) is 11.2. The Kier molecular flexibility index (Phi) is 4.58. The monoisotopic (exact) mass is 390 g/mol. The minimum absolute atomic E-state index is 0.0238. The summed E-state index contributed by atoms with van der Waals surface area (Å²) in [5, 5.41) is 7.68. The highest BCUT2D eigenvalue weighted by molar-refractivity contribution is 5.95. The lowest BCUT2D eigenvalue weighted by Crippen LogP contribution is -2.23. The van der Waals surface area contributed by atoms with Crippen LogP contribution in [0.2, 0.25) is 0 Å². The minimum Gasteiger partial charge on any atom is -0.356 e. The van der Waals surface area contributed by atoms with Gasteiger partial charge in [0.25, 0.3) is 5.56 Å². The van der Waals surface area contributed by atoms with Gasteiger partial charge in [-0.05, 0) is 50.1 Å². The number of aryl methyl sites for hydroxylation is 2. The number of carbonyl (C=O) groups excluding carboxylic acids is 1. The van der Waals surface area contributed by atoms with E-state index in [1.807, 2.05) is 56.3 Å². The first kappa shape index (κ1) is 18.7. The first-order valence-corrected chi connectivity index (χ1v) is 9.36. The van der Waals surface area contributed by atoms with Crippen LogP contribution < -0.4 is 10.9 Å². The number of aromatic nitrogens is 3. The number of hydrogen-bond donors (Lipinski definition) is 1. The molecule has 0 spiro atoms. The van der Waals surface area contributed by atoms with Crippen molar-refractivity contribution in [3.63, 3.8) is 0 Å². The number of nitrogens with one attached hydrogen (secondary N) is 1. The lowest BCUT2D eigenvalue weighted by atomic mass is 10.0. The lowest BCUT2D eigenvalue weighted by Gasteiger charge is -2.07. The van der Waals surface area contributed by atoms with Crippen LogP contribution in [0, 0.1) is 20.8 Å². The Morgan fingerprint density at radius 2 is 1.86 bits per heavy atom. The molecule has 148 valence electrons. The van der Waals surface area contributed by atoms with Crippen molar-refractivity contribution >= 4 is 22.6 Å². The number of amides is 1. The Hall–Kier alpha value is -3.61. The van der Waals surface area contributed by atoms with Crippen LogP contribution in [0.15, 0.2) is 51.8 Å². The van der Waals surface area contributed by atoms with Crippen molar-refractivity contribution in [2.75, 3.05) is 5.32 Å². The van der Waals surface area contributed by atoms with Crippen LogP contribution in [0.3, 0.4) is 0 Å². The molecule has 0 fully saturated rings. The molecule has 0 radical (unpaired) electrons. The van der Waals surface area contributed by atoms with Gasteiger partial charge in [0.1, 0.15) is 11.4 Å². The number of benzene rings is 2. The summed E-state index contributed by atoms with van der Waals surface area (Å²) in [5.74, 6) is -0.314. The van der Waals surface area contributed by atoms with Gasteiger partial charge in [-0.1, -0.05) is 29.4 Å². The zero-order valence-electron chi connectivity index (χ0n) is 16.8. The quantitative estimate of drug-likeness (QED) is 0.579. The summed E-state index contributed by atoms with van der Waals surface area (Å²) in [6, 6.07) is 13.2. The second-order valence-corrected chi connectivity index (χ2v) is 7.25. The van der Waals surface area contributed by atoms with Gasteiger partial charge in [-0.3, -0.25) is 14.3 Å². The molecule has 0 aliphatic carbocycles. The van der Waals surface area contributed by atoms with Crippen LogP contribution in [-0.4, -0.2) is 20.4 Å². The van der Waals surface area contributed by atoms with E-state index in [9.17, 15) is 9.59 Å². The standard InChI is InChI=1S/C22H22N4O3/c1-13-10-14(2)20-17(24-29-18(20)11-13)12-19(27)23-21-15(3)25(4)26(22(21)28)16-8-6-5-7-9-16/h5-11H,12H2,1-4H3,(H,23,27). The Balaban J connectivity index is 1.64. The molecule has 0 aliphatic heterocycles. The van der Waals surface area contributed by atoms with Gasteiger partial charge in [0.05, 0.1) is 17.8 Å². The van der Waals surface area contributed by atoms with Gasteiger partial charge >= 0.3 is 0 Å². The van der Waals surface area contributed by atoms with Crippen LogP contribution in [-0.2, 0) is 18.3 Å². The van der Waals surface area contributed by atoms with E-state index in [1.165, 1.54) is 4.68 Å². The molecule has 7 nitrogen and oxygen atoms in total. The lowest BCUT2D eigenvalue weighted by molar-refractivity contribution is -0.115. The molecule has 0 saturated carbocycles. The molecule has 0 aliphatic rings. The Morgan fingerprint density at radius 1 is 1.14 bits per heavy atom. The molecule has 0 saturated heterocycles. The van der Waals surface area contributed by atoms with E-state index in [-0.39, 0.29) is 23.6 Å². The molecule has 1 amide bonds. The fraction of sp³-hybridized carbons (Fsp3) is 0.227. The largest absolute Gasteiger partial charge is 0.356 e. The van der Waals surface area contributed by atoms with Crippen LogP contribution in [0.25, 0.3) is 16.7 Å². The summed E-state index contributed by atoms with van der Waals surface area (Å²) >= 11 is 0. The summed E-state index contributed by atoms with van der Waals surface area (Å²) in [5.41, 5.74) is 4.69. The number of nitrogens with zero attached hydrogens (tertiary/aromatic N) is 3. The molecule has 1 N–H and O–H groups in total. The molecule has 2 heterocycles. The number of hydrogen-bond acceptors (Lipinski definition) is 4. The van der Waals surface area contributed by atoms with Crippen molar-refractivity contribution in [3.05, 3.63) is 75.3 Å². The summed E-state index contributed by atoms with van der Waals surface area (Å²) in [4.78, 5) is 25.7. The van der Waals surface area contributed by atoms with Crippen molar-refractivity contribution in [1.82, 2.24) is 14.5 Å². The third-order valence-corrected chi connectivity index (χ3v) is 5.13. The van der Waals surface area contributed by atoms with E-state index in [0.717, 1.165) is 22.2 Å². The van der Waals surface area contributed by atoms with E-state index in [0.29, 0.717) is 17.0 Å². The van der Waals surface area contributed by atoms with Crippen molar-refractivity contribution in [2.24, 2.45) is 7.05 Å². The topological polar surface area (TPSA) is 82.1 Å². The number of fused-ring (bicyclic) bond motifs is 1. The number of rotatable bonds is 4. The van der Waals surface area contributed by atoms with E-state index >= 15 is 0 Å². The highest BCUT2D eigenvalue weighted by Gasteiger charge is 2.20. The second kappa shape index (κ2) is 7.09. The molecular weight excluding hydrogens is 368 g/mol. The molecule has 2 aromatic carbocycles. The maximum Gasteiger partial charge on any atom is 0.295 e. The zero-order chi connectivity index (χ0) is 20.7.